The molecule has 2 aliphatic rings. The molecule has 0 atom stereocenters. The Hall–Kier alpha value is -2.76. The number of pyridine rings is 1. The molecule has 3 heterocycles. The average molecular weight is 353 g/mol. The number of nitrogens with zero attached hydrogens (tertiary/aromatic N) is 3. The van der Waals surface area contributed by atoms with Gasteiger partial charge < -0.3 is 9.80 Å². The molecular weight excluding hydrogens is 333 g/mol. The molecule has 5 nitrogen and oxygen atoms in total. The van der Waals surface area contributed by atoms with E-state index in [1.807, 2.05) is 0 Å². The Morgan fingerprint density at radius 2 is 1.92 bits per heavy atom. The third-order valence-electron chi connectivity index (χ3n) is 5.74. The quantitative estimate of drug-likeness (QED) is 0.792. The van der Waals surface area contributed by atoms with Crippen LogP contribution in [0.25, 0.3) is 0 Å². The van der Waals surface area contributed by atoms with Gasteiger partial charge in [0.15, 0.2) is 0 Å². The first-order valence-electron chi connectivity index (χ1n) is 8.74. The van der Waals surface area contributed by atoms with Gasteiger partial charge >= 0.3 is 0 Å². The zero-order valence-electron chi connectivity index (χ0n) is 14.8. The molecule has 2 aromatic rings. The van der Waals surface area contributed by atoms with E-state index in [0.29, 0.717) is 37.1 Å². The van der Waals surface area contributed by atoms with Crippen molar-refractivity contribution in [2.75, 3.05) is 20.1 Å². The first-order chi connectivity index (χ1) is 12.5. The summed E-state index contributed by atoms with van der Waals surface area (Å²) in [6, 6.07) is 8.23. The summed E-state index contributed by atoms with van der Waals surface area (Å²) in [6.07, 6.45) is 2.89. The van der Waals surface area contributed by atoms with Crippen LogP contribution in [0.1, 0.15) is 44.8 Å². The second-order valence-electron chi connectivity index (χ2n) is 7.02. The van der Waals surface area contributed by atoms with Crippen molar-refractivity contribution in [3.8, 4) is 0 Å². The lowest BCUT2D eigenvalue weighted by molar-refractivity contribution is 0.0334. The highest BCUT2D eigenvalue weighted by atomic mass is 19.1. The summed E-state index contributed by atoms with van der Waals surface area (Å²) >= 11 is 0. The smallest absolute Gasteiger partial charge is 0.257 e. The Bertz CT molecular complexity index is 883. The van der Waals surface area contributed by atoms with Crippen LogP contribution in [0.4, 0.5) is 4.39 Å². The van der Waals surface area contributed by atoms with Crippen LogP contribution in [0.3, 0.4) is 0 Å². The highest BCUT2D eigenvalue weighted by molar-refractivity contribution is 5.99. The molecule has 6 heteroatoms. The highest BCUT2D eigenvalue weighted by Gasteiger charge is 2.50. The maximum atomic E-state index is 14.2. The summed E-state index contributed by atoms with van der Waals surface area (Å²) in [5.74, 6) is -0.808. The van der Waals surface area contributed by atoms with E-state index in [0.717, 1.165) is 5.69 Å². The summed E-state index contributed by atoms with van der Waals surface area (Å²) in [5, 5.41) is 0. The van der Waals surface area contributed by atoms with E-state index in [4.69, 9.17) is 0 Å². The van der Waals surface area contributed by atoms with E-state index in [9.17, 15) is 14.0 Å². The molecule has 0 unspecified atom stereocenters. The summed E-state index contributed by atoms with van der Waals surface area (Å²) in [4.78, 5) is 33.3. The summed E-state index contributed by atoms with van der Waals surface area (Å²) in [7, 11) is 1.79. The number of aromatic nitrogens is 1. The lowest BCUT2D eigenvalue weighted by Gasteiger charge is -2.43. The third kappa shape index (κ3) is 2.25. The number of halogens is 1. The zero-order chi connectivity index (χ0) is 18.5. The van der Waals surface area contributed by atoms with Crippen LogP contribution < -0.4 is 0 Å². The minimum absolute atomic E-state index is 0.0298. The second kappa shape index (κ2) is 5.90. The monoisotopic (exact) mass is 353 g/mol. The number of fused-ring (bicyclic) bond motifs is 2. The Kier molecular flexibility index (Phi) is 3.79. The van der Waals surface area contributed by atoms with Gasteiger partial charge in [-0.15, -0.1) is 0 Å². The Morgan fingerprint density at radius 1 is 1.19 bits per heavy atom. The molecule has 2 aliphatic heterocycles. The van der Waals surface area contributed by atoms with Gasteiger partial charge in [0.25, 0.3) is 11.8 Å². The molecule has 0 aliphatic carbocycles. The number of aryl methyl sites for hydroxylation is 1. The van der Waals surface area contributed by atoms with Crippen LogP contribution in [0.5, 0.6) is 0 Å². The van der Waals surface area contributed by atoms with Gasteiger partial charge in [0.2, 0.25) is 0 Å². The van der Waals surface area contributed by atoms with Crippen molar-refractivity contribution in [3.05, 3.63) is 64.7 Å². The molecule has 1 aromatic carbocycles. The Balaban J connectivity index is 1.60. The summed E-state index contributed by atoms with van der Waals surface area (Å²) < 4.78 is 14.2. The number of carbonyl (C=O) groups is 2. The topological polar surface area (TPSA) is 53.5 Å². The van der Waals surface area contributed by atoms with Gasteiger partial charge in [0.1, 0.15) is 5.82 Å². The molecule has 1 aromatic heterocycles. The predicted molar refractivity (Wildman–Crippen MR) is 94.3 cm³/mol. The van der Waals surface area contributed by atoms with Crippen LogP contribution in [0.15, 0.2) is 36.5 Å². The molecule has 0 saturated carbocycles. The predicted octanol–water partition coefficient (Wildman–Crippen LogP) is 2.75. The third-order valence-corrected chi connectivity index (χ3v) is 5.74. The molecule has 1 spiro atoms. The number of amides is 2. The standard InChI is InChI=1S/C20H20FN3O2/c1-13-5-3-7-15(21)16(13)19(26)24-11-8-20(9-12-24)17-14(6-4-10-22-17)18(25)23(20)2/h3-7,10H,8-9,11-12H2,1-2H3. The van der Waals surface area contributed by atoms with Crippen molar-refractivity contribution < 1.29 is 14.0 Å². The fourth-order valence-corrected chi connectivity index (χ4v) is 4.20. The Labute approximate surface area is 151 Å². The van der Waals surface area contributed by atoms with Crippen LogP contribution in [0.2, 0.25) is 0 Å². The number of piperidine rings is 1. The molecule has 4 rings (SSSR count). The lowest BCUT2D eigenvalue weighted by Crippen LogP contribution is -2.51. The molecule has 2 amide bonds. The highest BCUT2D eigenvalue weighted by Crippen LogP contribution is 2.44. The number of hydrogen-bond donors (Lipinski definition) is 0. The van der Waals surface area contributed by atoms with Crippen molar-refractivity contribution in [1.82, 2.24) is 14.8 Å². The fourth-order valence-electron chi connectivity index (χ4n) is 4.20. The van der Waals surface area contributed by atoms with E-state index in [2.05, 4.69) is 4.98 Å². The zero-order valence-corrected chi connectivity index (χ0v) is 14.8. The fraction of sp³-hybridized carbons (Fsp3) is 0.350. The number of likely N-dealkylation sites (tertiary alicyclic amines) is 1. The normalized spacial score (nSPS) is 18.3. The van der Waals surface area contributed by atoms with Crippen molar-refractivity contribution in [2.24, 2.45) is 0 Å². The van der Waals surface area contributed by atoms with E-state index in [1.54, 1.807) is 54.2 Å². The van der Waals surface area contributed by atoms with Crippen LogP contribution in [-0.4, -0.2) is 46.7 Å². The second-order valence-corrected chi connectivity index (χ2v) is 7.02. The van der Waals surface area contributed by atoms with Crippen molar-refractivity contribution in [1.29, 1.82) is 0 Å². The summed E-state index contributed by atoms with van der Waals surface area (Å²) in [6.45, 7) is 2.66. The van der Waals surface area contributed by atoms with Crippen molar-refractivity contribution in [2.45, 2.75) is 25.3 Å². The SMILES string of the molecule is Cc1cccc(F)c1C(=O)N1CCC2(CC1)c1ncccc1C(=O)N2C. The van der Waals surface area contributed by atoms with E-state index in [1.165, 1.54) is 6.07 Å². The first kappa shape index (κ1) is 16.7. The molecule has 134 valence electrons. The molecule has 0 radical (unpaired) electrons. The minimum atomic E-state index is -0.490. The molecule has 1 fully saturated rings. The molecule has 0 N–H and O–H groups in total. The van der Waals surface area contributed by atoms with E-state index in [-0.39, 0.29) is 17.4 Å². The first-order valence-corrected chi connectivity index (χ1v) is 8.74. The summed E-state index contributed by atoms with van der Waals surface area (Å²) in [5.41, 5.74) is 1.73. The van der Waals surface area contributed by atoms with Crippen LogP contribution in [0, 0.1) is 12.7 Å². The maximum absolute atomic E-state index is 14.2. The molecule has 1 saturated heterocycles. The largest absolute Gasteiger partial charge is 0.338 e. The lowest BCUT2D eigenvalue weighted by atomic mass is 9.83. The van der Waals surface area contributed by atoms with Crippen LogP contribution >= 0.6 is 0 Å². The molecular formula is C20H20FN3O2. The van der Waals surface area contributed by atoms with Gasteiger partial charge in [-0.25, -0.2) is 4.39 Å². The average Bonchev–Trinajstić information content (AvgIpc) is 2.85. The van der Waals surface area contributed by atoms with Crippen molar-refractivity contribution in [3.63, 3.8) is 0 Å². The molecule has 0 bridgehead atoms. The van der Waals surface area contributed by atoms with Gasteiger partial charge in [-0.1, -0.05) is 12.1 Å². The molecule has 26 heavy (non-hydrogen) atoms. The minimum Gasteiger partial charge on any atom is -0.338 e. The van der Waals surface area contributed by atoms with Crippen molar-refractivity contribution >= 4 is 11.8 Å². The maximum Gasteiger partial charge on any atom is 0.257 e. The van der Waals surface area contributed by atoms with E-state index >= 15 is 0 Å². The number of benzene rings is 1. The van der Waals surface area contributed by atoms with Gasteiger partial charge in [-0.2, -0.15) is 0 Å². The van der Waals surface area contributed by atoms with Gasteiger partial charge in [-0.3, -0.25) is 14.6 Å². The van der Waals surface area contributed by atoms with Crippen LogP contribution in [-0.2, 0) is 5.54 Å². The number of hydrogen-bond acceptors (Lipinski definition) is 3. The van der Waals surface area contributed by atoms with Gasteiger partial charge in [0, 0.05) is 26.3 Å². The number of rotatable bonds is 1. The number of carbonyl (C=O) groups excluding carboxylic acids is 2. The van der Waals surface area contributed by atoms with Gasteiger partial charge in [-0.05, 0) is 43.5 Å². The van der Waals surface area contributed by atoms with Gasteiger partial charge in [0.05, 0.1) is 22.4 Å². The Morgan fingerprint density at radius 3 is 2.62 bits per heavy atom. The van der Waals surface area contributed by atoms with E-state index < -0.39 is 11.4 Å².